The van der Waals surface area contributed by atoms with Gasteiger partial charge in [-0.2, -0.15) is 0 Å². The van der Waals surface area contributed by atoms with Crippen LogP contribution in [0.1, 0.15) is 22.4 Å². The van der Waals surface area contributed by atoms with Gasteiger partial charge in [-0.25, -0.2) is 0 Å². The van der Waals surface area contributed by atoms with Crippen molar-refractivity contribution in [1.29, 1.82) is 0 Å². The van der Waals surface area contributed by atoms with Crippen LogP contribution in [0.5, 0.6) is 0 Å². The summed E-state index contributed by atoms with van der Waals surface area (Å²) in [6.07, 6.45) is 2.94. The maximum atomic E-state index is 11.9. The van der Waals surface area contributed by atoms with Crippen LogP contribution in [0.25, 0.3) is 6.08 Å². The number of carbonyl (C=O) groups excluding carboxylic acids is 1. The second kappa shape index (κ2) is 7.49. The average molecular weight is 351 g/mol. The standard InChI is InChI=1S/C17H16Cl2N2O2/c1-10-8-11(2)21-17(23)13(10)9-20-15(22)7-6-12-4-3-5-14(18)16(12)19/h3-8H,9H2,1-2H3,(H,20,22)(H,21,23)/b7-6+. The van der Waals surface area contributed by atoms with E-state index in [2.05, 4.69) is 10.3 Å². The second-order valence-corrected chi connectivity index (χ2v) is 5.92. The van der Waals surface area contributed by atoms with Gasteiger partial charge in [-0.05, 0) is 43.2 Å². The smallest absolute Gasteiger partial charge is 0.253 e. The van der Waals surface area contributed by atoms with Gasteiger partial charge in [0.05, 0.1) is 10.0 Å². The first kappa shape index (κ1) is 17.3. The van der Waals surface area contributed by atoms with E-state index in [1.165, 1.54) is 6.08 Å². The molecule has 0 atom stereocenters. The van der Waals surface area contributed by atoms with E-state index < -0.39 is 0 Å². The Kier molecular flexibility index (Phi) is 5.64. The molecule has 0 aliphatic rings. The highest BCUT2D eigenvalue weighted by atomic mass is 35.5. The number of hydrogen-bond donors (Lipinski definition) is 2. The van der Waals surface area contributed by atoms with Gasteiger partial charge in [0.25, 0.3) is 5.56 Å². The number of nitrogens with one attached hydrogen (secondary N) is 2. The van der Waals surface area contributed by atoms with Crippen molar-refractivity contribution in [3.8, 4) is 0 Å². The molecule has 0 unspecified atom stereocenters. The summed E-state index contributed by atoms with van der Waals surface area (Å²) in [5, 5.41) is 3.50. The highest BCUT2D eigenvalue weighted by Crippen LogP contribution is 2.26. The lowest BCUT2D eigenvalue weighted by molar-refractivity contribution is -0.116. The van der Waals surface area contributed by atoms with E-state index in [0.29, 0.717) is 21.2 Å². The number of benzene rings is 1. The van der Waals surface area contributed by atoms with E-state index >= 15 is 0 Å². The molecule has 0 bridgehead atoms. The zero-order valence-electron chi connectivity index (χ0n) is 12.7. The first-order valence-corrected chi connectivity index (χ1v) is 7.73. The van der Waals surface area contributed by atoms with Gasteiger partial charge >= 0.3 is 0 Å². The normalized spacial score (nSPS) is 11.0. The lowest BCUT2D eigenvalue weighted by atomic mass is 10.1. The molecule has 1 aromatic carbocycles. The van der Waals surface area contributed by atoms with Crippen molar-refractivity contribution in [1.82, 2.24) is 10.3 Å². The van der Waals surface area contributed by atoms with Crippen LogP contribution in [0.15, 0.2) is 35.1 Å². The van der Waals surface area contributed by atoms with Crippen molar-refractivity contribution in [3.63, 3.8) is 0 Å². The van der Waals surface area contributed by atoms with Crippen LogP contribution in [-0.4, -0.2) is 10.9 Å². The van der Waals surface area contributed by atoms with Crippen LogP contribution in [0.3, 0.4) is 0 Å². The van der Waals surface area contributed by atoms with Crippen molar-refractivity contribution in [3.05, 3.63) is 73.1 Å². The number of carbonyl (C=O) groups is 1. The van der Waals surface area contributed by atoms with Crippen LogP contribution < -0.4 is 10.9 Å². The molecule has 0 radical (unpaired) electrons. The molecular weight excluding hydrogens is 335 g/mol. The van der Waals surface area contributed by atoms with Crippen molar-refractivity contribution < 1.29 is 4.79 Å². The van der Waals surface area contributed by atoms with Crippen molar-refractivity contribution in [2.24, 2.45) is 0 Å². The highest BCUT2D eigenvalue weighted by molar-refractivity contribution is 6.42. The summed E-state index contributed by atoms with van der Waals surface area (Å²) in [6, 6.07) is 7.05. The number of H-pyrrole nitrogens is 1. The van der Waals surface area contributed by atoms with Crippen LogP contribution in [0.4, 0.5) is 0 Å². The highest BCUT2D eigenvalue weighted by Gasteiger charge is 2.06. The molecule has 0 aliphatic heterocycles. The maximum Gasteiger partial charge on any atom is 0.253 e. The van der Waals surface area contributed by atoms with Gasteiger partial charge in [-0.3, -0.25) is 9.59 Å². The molecule has 0 saturated heterocycles. The number of aromatic nitrogens is 1. The van der Waals surface area contributed by atoms with E-state index in [1.54, 1.807) is 24.3 Å². The summed E-state index contributed by atoms with van der Waals surface area (Å²) < 4.78 is 0. The molecule has 0 saturated carbocycles. The first-order valence-electron chi connectivity index (χ1n) is 6.98. The van der Waals surface area contributed by atoms with E-state index in [0.717, 1.165) is 11.3 Å². The third-order valence-electron chi connectivity index (χ3n) is 3.33. The minimum absolute atomic E-state index is 0.161. The molecule has 2 N–H and O–H groups in total. The van der Waals surface area contributed by atoms with Crippen molar-refractivity contribution in [2.75, 3.05) is 0 Å². The predicted molar refractivity (Wildman–Crippen MR) is 93.9 cm³/mol. The average Bonchev–Trinajstić information content (AvgIpc) is 2.47. The molecule has 2 aromatic rings. The summed E-state index contributed by atoms with van der Waals surface area (Å²) in [4.78, 5) is 26.5. The zero-order valence-corrected chi connectivity index (χ0v) is 14.3. The summed E-state index contributed by atoms with van der Waals surface area (Å²) >= 11 is 12.0. The van der Waals surface area contributed by atoms with E-state index in [4.69, 9.17) is 23.2 Å². The molecule has 6 heteroatoms. The van der Waals surface area contributed by atoms with E-state index in [-0.39, 0.29) is 18.0 Å². The largest absolute Gasteiger partial charge is 0.348 e. The van der Waals surface area contributed by atoms with Crippen LogP contribution in [-0.2, 0) is 11.3 Å². The number of halogens is 2. The molecule has 0 spiro atoms. The Balaban J connectivity index is 2.05. The summed E-state index contributed by atoms with van der Waals surface area (Å²) in [7, 11) is 0. The van der Waals surface area contributed by atoms with Gasteiger partial charge < -0.3 is 10.3 Å². The lowest BCUT2D eigenvalue weighted by Crippen LogP contribution is -2.26. The molecule has 4 nitrogen and oxygen atoms in total. The Morgan fingerprint density at radius 3 is 2.74 bits per heavy atom. The summed E-state index contributed by atoms with van der Waals surface area (Å²) in [5.74, 6) is -0.319. The zero-order chi connectivity index (χ0) is 17.0. The lowest BCUT2D eigenvalue weighted by Gasteiger charge is -2.06. The van der Waals surface area contributed by atoms with E-state index in [9.17, 15) is 9.59 Å². The fourth-order valence-electron chi connectivity index (χ4n) is 2.15. The number of aryl methyl sites for hydroxylation is 2. The van der Waals surface area contributed by atoms with Crippen molar-refractivity contribution in [2.45, 2.75) is 20.4 Å². The van der Waals surface area contributed by atoms with Crippen LogP contribution in [0, 0.1) is 13.8 Å². The fraction of sp³-hybridized carbons (Fsp3) is 0.176. The third-order valence-corrected chi connectivity index (χ3v) is 4.16. The SMILES string of the molecule is Cc1cc(C)c(CNC(=O)/C=C/c2cccc(Cl)c2Cl)c(=O)[nH]1. The predicted octanol–water partition coefficient (Wildman–Crippen LogP) is 3.63. The minimum atomic E-state index is -0.319. The molecule has 0 fully saturated rings. The first-order chi connectivity index (χ1) is 10.9. The Morgan fingerprint density at radius 2 is 2.04 bits per heavy atom. The maximum absolute atomic E-state index is 11.9. The number of amides is 1. The molecule has 1 aromatic heterocycles. The number of rotatable bonds is 4. The molecule has 1 amide bonds. The second-order valence-electron chi connectivity index (χ2n) is 5.14. The molecule has 120 valence electrons. The van der Waals surface area contributed by atoms with Gasteiger partial charge in [0, 0.05) is 23.9 Å². The Labute approximate surface area is 144 Å². The van der Waals surface area contributed by atoms with Crippen LogP contribution in [0.2, 0.25) is 10.0 Å². The monoisotopic (exact) mass is 350 g/mol. The topological polar surface area (TPSA) is 62.0 Å². The van der Waals surface area contributed by atoms with Gasteiger partial charge in [0.2, 0.25) is 5.91 Å². The third kappa shape index (κ3) is 4.47. The van der Waals surface area contributed by atoms with Gasteiger partial charge in [-0.1, -0.05) is 35.3 Å². The van der Waals surface area contributed by atoms with Gasteiger partial charge in [-0.15, -0.1) is 0 Å². The van der Waals surface area contributed by atoms with Gasteiger partial charge in [0.15, 0.2) is 0 Å². The summed E-state index contributed by atoms with van der Waals surface area (Å²) in [5.41, 5.74) is 2.63. The fourth-order valence-corrected chi connectivity index (χ4v) is 2.52. The number of aromatic amines is 1. The Bertz CT molecular complexity index is 826. The molecule has 2 rings (SSSR count). The Hall–Kier alpha value is -2.04. The van der Waals surface area contributed by atoms with Crippen LogP contribution >= 0.6 is 23.2 Å². The molecule has 1 heterocycles. The van der Waals surface area contributed by atoms with E-state index in [1.807, 2.05) is 19.9 Å². The quantitative estimate of drug-likeness (QED) is 0.827. The van der Waals surface area contributed by atoms with Gasteiger partial charge in [0.1, 0.15) is 0 Å². The molecular formula is C17H16Cl2N2O2. The minimum Gasteiger partial charge on any atom is -0.348 e. The molecule has 23 heavy (non-hydrogen) atoms. The Morgan fingerprint density at radius 1 is 1.30 bits per heavy atom. The number of hydrogen-bond acceptors (Lipinski definition) is 2. The summed E-state index contributed by atoms with van der Waals surface area (Å²) in [6.45, 7) is 3.81. The molecule has 0 aliphatic carbocycles. The number of pyridine rings is 1. The van der Waals surface area contributed by atoms with Crippen molar-refractivity contribution >= 4 is 35.2 Å².